The standard InChI is InChI=1S/C20H16N4O2/c1-14-18(13-21-19-11-12-22-24(14)19)20(25)23-15-7-9-17(10-8-15)26-16-5-3-2-4-6-16/h2-13H,1H3,(H,23,25). The first-order valence-corrected chi connectivity index (χ1v) is 8.14. The smallest absolute Gasteiger partial charge is 0.259 e. The van der Waals surface area contributed by atoms with E-state index in [1.807, 2.05) is 49.4 Å². The maximum absolute atomic E-state index is 12.6. The number of nitrogens with one attached hydrogen (secondary N) is 1. The number of carbonyl (C=O) groups excluding carboxylic acids is 1. The van der Waals surface area contributed by atoms with Crippen LogP contribution in [0.15, 0.2) is 73.1 Å². The monoisotopic (exact) mass is 344 g/mol. The number of nitrogens with zero attached hydrogens (tertiary/aromatic N) is 3. The lowest BCUT2D eigenvalue weighted by molar-refractivity contribution is 0.102. The number of hydrogen-bond acceptors (Lipinski definition) is 4. The normalized spacial score (nSPS) is 10.7. The van der Waals surface area contributed by atoms with Gasteiger partial charge in [-0.05, 0) is 43.3 Å². The molecule has 0 unspecified atom stereocenters. The Labute approximate surface area is 150 Å². The molecule has 4 rings (SSSR count). The summed E-state index contributed by atoms with van der Waals surface area (Å²) in [5.41, 5.74) is 2.60. The summed E-state index contributed by atoms with van der Waals surface area (Å²) in [5, 5.41) is 7.05. The summed E-state index contributed by atoms with van der Waals surface area (Å²) in [6.07, 6.45) is 3.22. The van der Waals surface area contributed by atoms with Crippen molar-refractivity contribution in [2.45, 2.75) is 6.92 Å². The minimum absolute atomic E-state index is 0.232. The Morgan fingerprint density at radius 1 is 1.00 bits per heavy atom. The van der Waals surface area contributed by atoms with E-state index in [9.17, 15) is 4.79 Å². The number of fused-ring (bicyclic) bond motifs is 1. The van der Waals surface area contributed by atoms with Crippen LogP contribution in [0.4, 0.5) is 5.69 Å². The number of hydrogen-bond donors (Lipinski definition) is 1. The van der Waals surface area contributed by atoms with Gasteiger partial charge in [0.15, 0.2) is 5.65 Å². The molecular weight excluding hydrogens is 328 g/mol. The highest BCUT2D eigenvalue weighted by Crippen LogP contribution is 2.23. The SMILES string of the molecule is Cc1c(C(=O)Nc2ccc(Oc3ccccc3)cc2)cnc2ccnn12. The number of anilines is 1. The average Bonchev–Trinajstić information content (AvgIpc) is 3.14. The molecule has 2 heterocycles. The minimum atomic E-state index is -0.232. The molecule has 128 valence electrons. The van der Waals surface area contributed by atoms with Crippen molar-refractivity contribution < 1.29 is 9.53 Å². The third-order valence-electron chi connectivity index (χ3n) is 3.99. The van der Waals surface area contributed by atoms with Crippen molar-refractivity contribution in [1.82, 2.24) is 14.6 Å². The van der Waals surface area contributed by atoms with E-state index in [1.165, 1.54) is 0 Å². The first kappa shape index (κ1) is 15.8. The maximum Gasteiger partial charge on any atom is 0.259 e. The molecule has 1 amide bonds. The van der Waals surface area contributed by atoms with E-state index in [0.717, 1.165) is 11.4 Å². The van der Waals surface area contributed by atoms with Gasteiger partial charge in [-0.15, -0.1) is 0 Å². The summed E-state index contributed by atoms with van der Waals surface area (Å²) in [7, 11) is 0. The molecule has 0 radical (unpaired) electrons. The number of para-hydroxylation sites is 1. The van der Waals surface area contributed by atoms with Crippen LogP contribution in [0.25, 0.3) is 5.65 Å². The van der Waals surface area contributed by atoms with Crippen molar-refractivity contribution in [2.24, 2.45) is 0 Å². The van der Waals surface area contributed by atoms with Crippen molar-refractivity contribution in [3.05, 3.63) is 84.3 Å². The molecule has 1 N–H and O–H groups in total. The lowest BCUT2D eigenvalue weighted by Crippen LogP contribution is -2.16. The van der Waals surface area contributed by atoms with Crippen molar-refractivity contribution in [3.8, 4) is 11.5 Å². The first-order valence-electron chi connectivity index (χ1n) is 8.14. The van der Waals surface area contributed by atoms with E-state index in [2.05, 4.69) is 15.4 Å². The van der Waals surface area contributed by atoms with Crippen molar-refractivity contribution in [3.63, 3.8) is 0 Å². The zero-order chi connectivity index (χ0) is 17.9. The molecule has 0 saturated heterocycles. The van der Waals surface area contributed by atoms with Gasteiger partial charge >= 0.3 is 0 Å². The van der Waals surface area contributed by atoms with Crippen LogP contribution in [-0.4, -0.2) is 20.5 Å². The Morgan fingerprint density at radius 3 is 2.50 bits per heavy atom. The Morgan fingerprint density at radius 2 is 1.73 bits per heavy atom. The van der Waals surface area contributed by atoms with Gasteiger partial charge in [0.2, 0.25) is 0 Å². The topological polar surface area (TPSA) is 68.5 Å². The lowest BCUT2D eigenvalue weighted by atomic mass is 10.2. The molecule has 0 aliphatic carbocycles. The number of benzene rings is 2. The van der Waals surface area contributed by atoms with Gasteiger partial charge in [0.05, 0.1) is 17.5 Å². The van der Waals surface area contributed by atoms with Crippen molar-refractivity contribution in [1.29, 1.82) is 0 Å². The highest BCUT2D eigenvalue weighted by molar-refractivity contribution is 6.04. The molecule has 0 fully saturated rings. The van der Waals surface area contributed by atoms with E-state index in [0.29, 0.717) is 22.6 Å². The molecule has 0 aliphatic rings. The number of aromatic nitrogens is 3. The third kappa shape index (κ3) is 3.12. The fourth-order valence-corrected chi connectivity index (χ4v) is 2.64. The summed E-state index contributed by atoms with van der Waals surface area (Å²) in [5.74, 6) is 1.23. The molecule has 0 bridgehead atoms. The summed E-state index contributed by atoms with van der Waals surface area (Å²) >= 11 is 0. The molecule has 0 atom stereocenters. The number of rotatable bonds is 4. The van der Waals surface area contributed by atoms with Crippen LogP contribution in [-0.2, 0) is 0 Å². The van der Waals surface area contributed by atoms with Gasteiger partial charge in [0, 0.05) is 18.0 Å². The molecule has 0 spiro atoms. The first-order chi connectivity index (χ1) is 12.7. The largest absolute Gasteiger partial charge is 0.457 e. The number of carbonyl (C=O) groups is 1. The molecule has 0 saturated carbocycles. The van der Waals surface area contributed by atoms with Crippen molar-refractivity contribution >= 4 is 17.2 Å². The fourth-order valence-electron chi connectivity index (χ4n) is 2.64. The van der Waals surface area contributed by atoms with E-state index in [-0.39, 0.29) is 5.91 Å². The summed E-state index contributed by atoms with van der Waals surface area (Å²) in [6.45, 7) is 1.84. The van der Waals surface area contributed by atoms with E-state index in [4.69, 9.17) is 4.74 Å². The van der Waals surface area contributed by atoms with Gasteiger partial charge in [-0.1, -0.05) is 18.2 Å². The molecule has 26 heavy (non-hydrogen) atoms. The van der Waals surface area contributed by atoms with Crippen molar-refractivity contribution in [2.75, 3.05) is 5.32 Å². The van der Waals surface area contributed by atoms with E-state index in [1.54, 1.807) is 35.1 Å². The fraction of sp³-hybridized carbons (Fsp3) is 0.0500. The van der Waals surface area contributed by atoms with Gasteiger partial charge in [0.25, 0.3) is 5.91 Å². The van der Waals surface area contributed by atoms with Crippen LogP contribution in [0, 0.1) is 6.92 Å². The second kappa shape index (κ2) is 6.68. The molecular formula is C20H16N4O2. The highest BCUT2D eigenvalue weighted by Gasteiger charge is 2.13. The van der Waals surface area contributed by atoms with E-state index < -0.39 is 0 Å². The maximum atomic E-state index is 12.6. The summed E-state index contributed by atoms with van der Waals surface area (Å²) in [4.78, 5) is 16.8. The zero-order valence-corrected chi connectivity index (χ0v) is 14.1. The van der Waals surface area contributed by atoms with Crippen LogP contribution < -0.4 is 10.1 Å². The Bertz CT molecular complexity index is 1060. The number of amides is 1. The average molecular weight is 344 g/mol. The molecule has 6 nitrogen and oxygen atoms in total. The molecule has 2 aromatic heterocycles. The molecule has 6 heteroatoms. The minimum Gasteiger partial charge on any atom is -0.457 e. The summed E-state index contributed by atoms with van der Waals surface area (Å²) < 4.78 is 7.39. The third-order valence-corrected chi connectivity index (χ3v) is 3.99. The van der Waals surface area contributed by atoms with Crippen LogP contribution >= 0.6 is 0 Å². The summed E-state index contributed by atoms with van der Waals surface area (Å²) in [6, 6.07) is 18.5. The van der Waals surface area contributed by atoms with Gasteiger partial charge < -0.3 is 10.1 Å². The zero-order valence-electron chi connectivity index (χ0n) is 14.1. The van der Waals surface area contributed by atoms with Crippen LogP contribution in [0.5, 0.6) is 11.5 Å². The Kier molecular flexibility index (Phi) is 4.07. The van der Waals surface area contributed by atoms with Gasteiger partial charge in [-0.3, -0.25) is 4.79 Å². The van der Waals surface area contributed by atoms with Gasteiger partial charge in [0.1, 0.15) is 11.5 Å². The number of ether oxygens (including phenoxy) is 1. The van der Waals surface area contributed by atoms with Crippen LogP contribution in [0.1, 0.15) is 16.1 Å². The second-order valence-electron chi connectivity index (χ2n) is 5.75. The molecule has 0 aliphatic heterocycles. The van der Waals surface area contributed by atoms with Crippen LogP contribution in [0.2, 0.25) is 0 Å². The predicted octanol–water partition coefficient (Wildman–Crippen LogP) is 4.08. The number of aryl methyl sites for hydroxylation is 1. The molecule has 2 aromatic carbocycles. The predicted molar refractivity (Wildman–Crippen MR) is 98.6 cm³/mol. The Balaban J connectivity index is 1.49. The second-order valence-corrected chi connectivity index (χ2v) is 5.75. The highest BCUT2D eigenvalue weighted by atomic mass is 16.5. The van der Waals surface area contributed by atoms with E-state index >= 15 is 0 Å². The molecule has 4 aromatic rings. The quantitative estimate of drug-likeness (QED) is 0.606. The lowest BCUT2D eigenvalue weighted by Gasteiger charge is -2.10. The van der Waals surface area contributed by atoms with Gasteiger partial charge in [-0.2, -0.15) is 5.10 Å². The van der Waals surface area contributed by atoms with Gasteiger partial charge in [-0.25, -0.2) is 9.50 Å². The van der Waals surface area contributed by atoms with Crippen LogP contribution in [0.3, 0.4) is 0 Å². The Hall–Kier alpha value is -3.67.